The highest BCUT2D eigenvalue weighted by Gasteiger charge is 2.09. The predicted molar refractivity (Wildman–Crippen MR) is 61.0 cm³/mol. The van der Waals surface area contributed by atoms with Crippen LogP contribution in [0.4, 0.5) is 5.69 Å². The van der Waals surface area contributed by atoms with Gasteiger partial charge >= 0.3 is 0 Å². The van der Waals surface area contributed by atoms with Crippen LogP contribution in [0.3, 0.4) is 0 Å². The van der Waals surface area contributed by atoms with Crippen LogP contribution in [-0.2, 0) is 4.79 Å². The zero-order valence-corrected chi connectivity index (χ0v) is 9.23. The van der Waals surface area contributed by atoms with Gasteiger partial charge in [0.05, 0.1) is 0 Å². The van der Waals surface area contributed by atoms with Crippen molar-refractivity contribution >= 4 is 11.6 Å². The van der Waals surface area contributed by atoms with Crippen molar-refractivity contribution < 1.29 is 9.90 Å². The summed E-state index contributed by atoms with van der Waals surface area (Å²) in [6, 6.07) is 6.72. The van der Waals surface area contributed by atoms with Gasteiger partial charge in [0.15, 0.2) is 0 Å². The van der Waals surface area contributed by atoms with E-state index in [1.54, 1.807) is 30.1 Å². The van der Waals surface area contributed by atoms with E-state index in [1.807, 2.05) is 6.07 Å². The molecular weight excluding hydrogens is 190 g/mol. The fourth-order valence-electron chi connectivity index (χ4n) is 1.34. The SMILES string of the molecule is CCCCC(=O)N(C)c1cccc(O)c1. The highest BCUT2D eigenvalue weighted by molar-refractivity contribution is 5.92. The Morgan fingerprint density at radius 3 is 2.80 bits per heavy atom. The standard InChI is InChI=1S/C12H17NO2/c1-3-4-8-12(15)13(2)10-6-5-7-11(14)9-10/h5-7,9,14H,3-4,8H2,1-2H3. The summed E-state index contributed by atoms with van der Waals surface area (Å²) in [5.74, 6) is 0.269. The number of aromatic hydroxyl groups is 1. The molecule has 82 valence electrons. The molecule has 0 aliphatic heterocycles. The number of amides is 1. The Morgan fingerprint density at radius 1 is 1.47 bits per heavy atom. The van der Waals surface area contributed by atoms with Gasteiger partial charge < -0.3 is 10.0 Å². The first-order valence-electron chi connectivity index (χ1n) is 5.20. The molecule has 0 saturated heterocycles. The Morgan fingerprint density at radius 2 is 2.20 bits per heavy atom. The number of nitrogens with zero attached hydrogens (tertiary/aromatic N) is 1. The van der Waals surface area contributed by atoms with Crippen LogP contribution in [0.15, 0.2) is 24.3 Å². The summed E-state index contributed by atoms with van der Waals surface area (Å²) in [6.07, 6.45) is 2.48. The van der Waals surface area contributed by atoms with Crippen LogP contribution in [-0.4, -0.2) is 18.1 Å². The van der Waals surface area contributed by atoms with Gasteiger partial charge in [0, 0.05) is 25.2 Å². The largest absolute Gasteiger partial charge is 0.508 e. The fraction of sp³-hybridized carbons (Fsp3) is 0.417. The number of rotatable bonds is 4. The van der Waals surface area contributed by atoms with E-state index in [9.17, 15) is 9.90 Å². The highest BCUT2D eigenvalue weighted by atomic mass is 16.3. The van der Waals surface area contributed by atoms with Gasteiger partial charge in [-0.3, -0.25) is 4.79 Å². The molecule has 0 radical (unpaired) electrons. The monoisotopic (exact) mass is 207 g/mol. The first-order chi connectivity index (χ1) is 7.15. The molecule has 0 aliphatic rings. The molecule has 0 heterocycles. The van der Waals surface area contributed by atoms with Gasteiger partial charge in [-0.25, -0.2) is 0 Å². The third kappa shape index (κ3) is 3.27. The second kappa shape index (κ2) is 5.39. The molecule has 1 amide bonds. The first kappa shape index (κ1) is 11.6. The molecule has 3 nitrogen and oxygen atoms in total. The second-order valence-corrected chi connectivity index (χ2v) is 3.58. The first-order valence-corrected chi connectivity index (χ1v) is 5.20. The van der Waals surface area contributed by atoms with E-state index in [2.05, 4.69) is 6.92 Å². The Bertz CT molecular complexity index is 336. The van der Waals surface area contributed by atoms with Crippen LogP contribution in [0.1, 0.15) is 26.2 Å². The minimum atomic E-state index is 0.0856. The Hall–Kier alpha value is -1.51. The lowest BCUT2D eigenvalue weighted by Gasteiger charge is -2.17. The molecule has 15 heavy (non-hydrogen) atoms. The third-order valence-electron chi connectivity index (χ3n) is 2.34. The molecule has 0 saturated carbocycles. The number of unbranched alkanes of at least 4 members (excludes halogenated alkanes) is 1. The maximum Gasteiger partial charge on any atom is 0.226 e. The molecule has 0 bridgehead atoms. The molecule has 1 aromatic rings. The number of phenolic OH excluding ortho intramolecular Hbond substituents is 1. The highest BCUT2D eigenvalue weighted by Crippen LogP contribution is 2.19. The molecular formula is C12H17NO2. The van der Waals surface area contributed by atoms with E-state index in [-0.39, 0.29) is 11.7 Å². The predicted octanol–water partition coefficient (Wildman–Crippen LogP) is 2.55. The zero-order chi connectivity index (χ0) is 11.3. The summed E-state index contributed by atoms with van der Waals surface area (Å²) < 4.78 is 0. The van der Waals surface area contributed by atoms with Gasteiger partial charge in [-0.05, 0) is 18.6 Å². The van der Waals surface area contributed by atoms with Crippen LogP contribution >= 0.6 is 0 Å². The normalized spacial score (nSPS) is 10.0. The van der Waals surface area contributed by atoms with Gasteiger partial charge in [-0.2, -0.15) is 0 Å². The summed E-state index contributed by atoms with van der Waals surface area (Å²) in [5, 5.41) is 9.28. The second-order valence-electron chi connectivity index (χ2n) is 3.58. The molecule has 0 fully saturated rings. The van der Waals surface area contributed by atoms with Gasteiger partial charge in [0.1, 0.15) is 5.75 Å². The van der Waals surface area contributed by atoms with Crippen LogP contribution in [0, 0.1) is 0 Å². The van der Waals surface area contributed by atoms with E-state index in [4.69, 9.17) is 0 Å². The summed E-state index contributed by atoms with van der Waals surface area (Å²) in [5.41, 5.74) is 0.733. The van der Waals surface area contributed by atoms with Crippen molar-refractivity contribution in [2.45, 2.75) is 26.2 Å². The molecule has 3 heteroatoms. The summed E-state index contributed by atoms with van der Waals surface area (Å²) in [6.45, 7) is 2.06. The topological polar surface area (TPSA) is 40.5 Å². The molecule has 1 N–H and O–H groups in total. The van der Waals surface area contributed by atoms with E-state index >= 15 is 0 Å². The molecule has 0 spiro atoms. The number of carbonyl (C=O) groups is 1. The van der Waals surface area contributed by atoms with Gasteiger partial charge in [-0.1, -0.05) is 19.4 Å². The van der Waals surface area contributed by atoms with Crippen molar-refractivity contribution in [3.05, 3.63) is 24.3 Å². The van der Waals surface area contributed by atoms with E-state index in [0.717, 1.165) is 18.5 Å². The fourth-order valence-corrected chi connectivity index (χ4v) is 1.34. The number of anilines is 1. The minimum absolute atomic E-state index is 0.0856. The van der Waals surface area contributed by atoms with Gasteiger partial charge in [0.2, 0.25) is 5.91 Å². The number of carbonyl (C=O) groups excluding carboxylic acids is 1. The lowest BCUT2D eigenvalue weighted by Crippen LogP contribution is -2.25. The van der Waals surface area contributed by atoms with Crippen molar-refractivity contribution in [1.29, 1.82) is 0 Å². The van der Waals surface area contributed by atoms with E-state index < -0.39 is 0 Å². The van der Waals surface area contributed by atoms with Crippen LogP contribution in [0.5, 0.6) is 5.75 Å². The van der Waals surface area contributed by atoms with Gasteiger partial charge in [0.25, 0.3) is 0 Å². The maximum absolute atomic E-state index is 11.7. The zero-order valence-electron chi connectivity index (χ0n) is 9.23. The van der Waals surface area contributed by atoms with E-state index in [0.29, 0.717) is 6.42 Å². The van der Waals surface area contributed by atoms with Crippen molar-refractivity contribution in [2.75, 3.05) is 11.9 Å². The average Bonchev–Trinajstić information content (AvgIpc) is 2.24. The Balaban J connectivity index is 2.67. The lowest BCUT2D eigenvalue weighted by atomic mass is 10.2. The molecule has 1 rings (SSSR count). The smallest absolute Gasteiger partial charge is 0.226 e. The quantitative estimate of drug-likeness (QED) is 0.824. The van der Waals surface area contributed by atoms with Crippen LogP contribution in [0.25, 0.3) is 0 Å². The maximum atomic E-state index is 11.7. The molecule has 0 unspecified atom stereocenters. The average molecular weight is 207 g/mol. The number of hydrogen-bond acceptors (Lipinski definition) is 2. The minimum Gasteiger partial charge on any atom is -0.508 e. The van der Waals surface area contributed by atoms with E-state index in [1.165, 1.54) is 0 Å². The molecule has 0 aliphatic carbocycles. The van der Waals surface area contributed by atoms with Crippen molar-refractivity contribution in [1.82, 2.24) is 0 Å². The van der Waals surface area contributed by atoms with Crippen LogP contribution in [0.2, 0.25) is 0 Å². The number of hydrogen-bond donors (Lipinski definition) is 1. The Labute approximate surface area is 90.3 Å². The lowest BCUT2D eigenvalue weighted by molar-refractivity contribution is -0.118. The van der Waals surface area contributed by atoms with Gasteiger partial charge in [-0.15, -0.1) is 0 Å². The van der Waals surface area contributed by atoms with Crippen molar-refractivity contribution in [2.24, 2.45) is 0 Å². The molecule has 1 aromatic carbocycles. The third-order valence-corrected chi connectivity index (χ3v) is 2.34. The summed E-state index contributed by atoms with van der Waals surface area (Å²) >= 11 is 0. The number of phenols is 1. The molecule has 0 aromatic heterocycles. The van der Waals surface area contributed by atoms with Crippen LogP contribution < -0.4 is 4.90 Å². The summed E-state index contributed by atoms with van der Waals surface area (Å²) in [4.78, 5) is 13.2. The van der Waals surface area contributed by atoms with Crippen molar-refractivity contribution in [3.8, 4) is 5.75 Å². The van der Waals surface area contributed by atoms with Crippen molar-refractivity contribution in [3.63, 3.8) is 0 Å². The Kier molecular flexibility index (Phi) is 4.16. The molecule has 0 atom stereocenters. The number of benzene rings is 1. The summed E-state index contributed by atoms with van der Waals surface area (Å²) in [7, 11) is 1.73.